The number of ether oxygens (including phenoxy) is 1. The van der Waals surface area contributed by atoms with Crippen LogP contribution in [0, 0.1) is 13.8 Å². The average molecular weight is 424 g/mol. The molecule has 0 unspecified atom stereocenters. The minimum atomic E-state index is -0.426. The Kier molecular flexibility index (Phi) is 6.95. The molecule has 6 nitrogen and oxygen atoms in total. The maximum absolute atomic E-state index is 12.7. The van der Waals surface area contributed by atoms with Crippen LogP contribution in [0.15, 0.2) is 53.7 Å². The molecule has 1 amide bonds. The second-order valence-corrected chi connectivity index (χ2v) is 8.26. The van der Waals surface area contributed by atoms with Crippen LogP contribution in [0.5, 0.6) is 0 Å². The number of aromatic amines is 1. The van der Waals surface area contributed by atoms with E-state index in [1.807, 2.05) is 42.6 Å². The van der Waals surface area contributed by atoms with Crippen molar-refractivity contribution >= 4 is 29.3 Å². The molecule has 0 fully saturated rings. The Labute approximate surface area is 180 Å². The molecular formula is C23H25N3O3S. The van der Waals surface area contributed by atoms with E-state index >= 15 is 0 Å². The second kappa shape index (κ2) is 9.63. The molecule has 0 aliphatic rings. The molecule has 2 heterocycles. The first-order valence-electron chi connectivity index (χ1n) is 9.68. The van der Waals surface area contributed by atoms with Gasteiger partial charge in [0.15, 0.2) is 0 Å². The van der Waals surface area contributed by atoms with Crippen LogP contribution in [0.2, 0.25) is 0 Å². The van der Waals surface area contributed by atoms with Gasteiger partial charge in [-0.25, -0.2) is 4.79 Å². The van der Waals surface area contributed by atoms with Gasteiger partial charge in [-0.05, 0) is 69.2 Å². The fraction of sp³-hybridized carbons (Fsp3) is 0.261. The highest BCUT2D eigenvalue weighted by atomic mass is 32.2. The number of H-pyrrole nitrogens is 1. The van der Waals surface area contributed by atoms with Crippen LogP contribution in [-0.4, -0.2) is 27.9 Å². The Bertz CT molecular complexity index is 1030. The molecular weight excluding hydrogens is 398 g/mol. The van der Waals surface area contributed by atoms with Gasteiger partial charge in [0.1, 0.15) is 5.69 Å². The number of amides is 1. The first kappa shape index (κ1) is 21.6. The van der Waals surface area contributed by atoms with Crippen LogP contribution in [0.4, 0.5) is 5.69 Å². The molecule has 1 aromatic carbocycles. The van der Waals surface area contributed by atoms with Crippen LogP contribution >= 0.6 is 11.8 Å². The summed E-state index contributed by atoms with van der Waals surface area (Å²) >= 11 is 1.70. The van der Waals surface area contributed by atoms with Gasteiger partial charge in [-0.15, -0.1) is 11.8 Å². The van der Waals surface area contributed by atoms with Crippen molar-refractivity contribution < 1.29 is 14.3 Å². The number of benzene rings is 1. The number of pyridine rings is 1. The van der Waals surface area contributed by atoms with E-state index in [2.05, 4.69) is 15.3 Å². The Hall–Kier alpha value is -3.06. The van der Waals surface area contributed by atoms with Crippen molar-refractivity contribution in [2.24, 2.45) is 0 Å². The van der Waals surface area contributed by atoms with Crippen molar-refractivity contribution in [3.05, 3.63) is 76.9 Å². The number of esters is 1. The number of carbonyl (C=O) groups is 2. The van der Waals surface area contributed by atoms with Crippen LogP contribution in [-0.2, 0) is 10.5 Å². The lowest BCUT2D eigenvalue weighted by Gasteiger charge is -2.09. The molecule has 0 atom stereocenters. The zero-order valence-corrected chi connectivity index (χ0v) is 18.3. The molecule has 7 heteroatoms. The molecule has 0 radical (unpaired) electrons. The van der Waals surface area contributed by atoms with Gasteiger partial charge >= 0.3 is 5.97 Å². The number of aryl methyl sites for hydroxylation is 1. The number of nitrogens with one attached hydrogen (secondary N) is 2. The van der Waals surface area contributed by atoms with Crippen molar-refractivity contribution in [3.8, 4) is 0 Å². The smallest absolute Gasteiger partial charge is 0.340 e. The number of nitrogens with zero attached hydrogens (tertiary/aromatic N) is 1. The number of carbonyl (C=O) groups excluding carboxylic acids is 2. The fourth-order valence-electron chi connectivity index (χ4n) is 3.03. The Balaban J connectivity index is 1.65. The van der Waals surface area contributed by atoms with E-state index < -0.39 is 5.97 Å². The summed E-state index contributed by atoms with van der Waals surface area (Å²) in [6.45, 7) is 7.09. The standard InChI is InChI=1S/C23H25N3O3S/c1-14(2)29-23(28)20-15(3)21(25-16(20)4)22(27)26-18-7-9-19(10-8-18)30-13-17-6-5-11-24-12-17/h5-12,14,25H,13H2,1-4H3,(H,26,27). The Morgan fingerprint density at radius 3 is 2.53 bits per heavy atom. The predicted octanol–water partition coefficient (Wildman–Crippen LogP) is 5.14. The van der Waals surface area contributed by atoms with E-state index in [-0.39, 0.29) is 12.0 Å². The summed E-state index contributed by atoms with van der Waals surface area (Å²) in [5.41, 5.74) is 3.81. The van der Waals surface area contributed by atoms with Crippen molar-refractivity contribution in [1.29, 1.82) is 0 Å². The lowest BCUT2D eigenvalue weighted by Crippen LogP contribution is -2.15. The van der Waals surface area contributed by atoms with Crippen molar-refractivity contribution in [1.82, 2.24) is 9.97 Å². The summed E-state index contributed by atoms with van der Waals surface area (Å²) in [5.74, 6) is 0.107. The number of aromatic nitrogens is 2. The second-order valence-electron chi connectivity index (χ2n) is 7.21. The molecule has 2 aromatic heterocycles. The van der Waals surface area contributed by atoms with Gasteiger partial charge in [0.2, 0.25) is 0 Å². The fourth-order valence-corrected chi connectivity index (χ4v) is 3.87. The molecule has 0 saturated heterocycles. The first-order valence-corrected chi connectivity index (χ1v) is 10.7. The summed E-state index contributed by atoms with van der Waals surface area (Å²) < 4.78 is 5.28. The quantitative estimate of drug-likeness (QED) is 0.406. The van der Waals surface area contributed by atoms with Gasteiger partial charge in [-0.2, -0.15) is 0 Å². The highest BCUT2D eigenvalue weighted by Crippen LogP contribution is 2.25. The monoisotopic (exact) mass is 423 g/mol. The minimum absolute atomic E-state index is 0.224. The van der Waals surface area contributed by atoms with Gasteiger partial charge in [0.05, 0.1) is 11.7 Å². The Morgan fingerprint density at radius 2 is 1.90 bits per heavy atom. The zero-order chi connectivity index (χ0) is 21.7. The van der Waals surface area contributed by atoms with E-state index in [1.54, 1.807) is 45.7 Å². The summed E-state index contributed by atoms with van der Waals surface area (Å²) in [5, 5.41) is 2.88. The SMILES string of the molecule is Cc1[nH]c(C(=O)Nc2ccc(SCc3cccnc3)cc2)c(C)c1C(=O)OC(C)C. The maximum Gasteiger partial charge on any atom is 0.340 e. The topological polar surface area (TPSA) is 84.1 Å². The van der Waals surface area contributed by atoms with Crippen LogP contribution < -0.4 is 5.32 Å². The summed E-state index contributed by atoms with van der Waals surface area (Å²) in [6.07, 6.45) is 3.39. The summed E-state index contributed by atoms with van der Waals surface area (Å²) in [4.78, 5) is 33.3. The van der Waals surface area contributed by atoms with Gasteiger partial charge in [0, 0.05) is 34.4 Å². The third-order valence-corrected chi connectivity index (χ3v) is 5.54. The summed E-state index contributed by atoms with van der Waals surface area (Å²) in [6, 6.07) is 11.6. The van der Waals surface area contributed by atoms with E-state index in [0.717, 1.165) is 16.2 Å². The lowest BCUT2D eigenvalue weighted by atomic mass is 10.1. The van der Waals surface area contributed by atoms with E-state index in [4.69, 9.17) is 4.74 Å². The van der Waals surface area contributed by atoms with Crippen molar-refractivity contribution in [2.75, 3.05) is 5.32 Å². The number of rotatable bonds is 7. The third-order valence-electron chi connectivity index (χ3n) is 4.45. The zero-order valence-electron chi connectivity index (χ0n) is 17.5. The predicted molar refractivity (Wildman–Crippen MR) is 119 cm³/mol. The lowest BCUT2D eigenvalue weighted by molar-refractivity contribution is 0.0376. The minimum Gasteiger partial charge on any atom is -0.459 e. The molecule has 3 rings (SSSR count). The highest BCUT2D eigenvalue weighted by Gasteiger charge is 2.23. The van der Waals surface area contributed by atoms with Gasteiger partial charge in [-0.1, -0.05) is 6.07 Å². The van der Waals surface area contributed by atoms with E-state index in [1.165, 1.54) is 0 Å². The van der Waals surface area contributed by atoms with Crippen LogP contribution in [0.1, 0.15) is 51.5 Å². The molecule has 0 aliphatic heterocycles. The van der Waals surface area contributed by atoms with Crippen molar-refractivity contribution in [2.45, 2.75) is 44.4 Å². The van der Waals surface area contributed by atoms with Crippen LogP contribution in [0.3, 0.4) is 0 Å². The molecule has 0 spiro atoms. The van der Waals surface area contributed by atoms with Gasteiger partial charge < -0.3 is 15.0 Å². The molecule has 3 aromatic rings. The largest absolute Gasteiger partial charge is 0.459 e. The number of hydrogen-bond donors (Lipinski definition) is 2. The first-order chi connectivity index (χ1) is 14.3. The molecule has 0 saturated carbocycles. The molecule has 0 bridgehead atoms. The van der Waals surface area contributed by atoms with Gasteiger partial charge in [-0.3, -0.25) is 9.78 Å². The molecule has 2 N–H and O–H groups in total. The average Bonchev–Trinajstić information content (AvgIpc) is 3.02. The normalized spacial score (nSPS) is 10.8. The highest BCUT2D eigenvalue weighted by molar-refractivity contribution is 7.98. The number of hydrogen-bond acceptors (Lipinski definition) is 5. The molecule has 30 heavy (non-hydrogen) atoms. The number of thioether (sulfide) groups is 1. The molecule has 0 aliphatic carbocycles. The van der Waals surface area contributed by atoms with Gasteiger partial charge in [0.25, 0.3) is 5.91 Å². The van der Waals surface area contributed by atoms with Crippen molar-refractivity contribution in [3.63, 3.8) is 0 Å². The van der Waals surface area contributed by atoms with Crippen LogP contribution in [0.25, 0.3) is 0 Å². The summed E-state index contributed by atoms with van der Waals surface area (Å²) in [7, 11) is 0. The van der Waals surface area contributed by atoms with E-state index in [9.17, 15) is 9.59 Å². The maximum atomic E-state index is 12.7. The van der Waals surface area contributed by atoms with E-state index in [0.29, 0.717) is 28.2 Å². The Morgan fingerprint density at radius 1 is 1.17 bits per heavy atom. The molecule has 156 valence electrons. The third kappa shape index (κ3) is 5.30. The number of anilines is 1.